The zero-order valence-electron chi connectivity index (χ0n) is 10.5. The molecule has 0 aliphatic rings. The molecule has 0 aromatic heterocycles. The van der Waals surface area contributed by atoms with Gasteiger partial charge in [-0.3, -0.25) is 0 Å². The molecule has 0 radical (unpaired) electrons. The number of anilines is 1. The summed E-state index contributed by atoms with van der Waals surface area (Å²) in [5.74, 6) is -3.05. The molecule has 4 N–H and O–H groups in total. The molecule has 0 amide bonds. The van der Waals surface area contributed by atoms with Gasteiger partial charge in [0.05, 0.1) is 6.61 Å². The van der Waals surface area contributed by atoms with Crippen molar-refractivity contribution >= 4 is 15.7 Å². The second-order valence-electron chi connectivity index (χ2n) is 4.47. The molecule has 0 bridgehead atoms. The minimum atomic E-state index is -4.30. The average Bonchev–Trinajstić information content (AvgIpc) is 2.30. The third-order valence-electron chi connectivity index (χ3n) is 2.61. The lowest BCUT2D eigenvalue weighted by Gasteiger charge is -2.20. The fourth-order valence-electron chi connectivity index (χ4n) is 1.43. The van der Waals surface area contributed by atoms with Crippen LogP contribution in [0.15, 0.2) is 17.0 Å². The molecule has 0 heterocycles. The molecule has 5 nitrogen and oxygen atoms in total. The third-order valence-corrected chi connectivity index (χ3v) is 4.10. The van der Waals surface area contributed by atoms with E-state index in [1.165, 1.54) is 0 Å². The van der Waals surface area contributed by atoms with Gasteiger partial charge in [0.25, 0.3) is 0 Å². The smallest absolute Gasteiger partial charge is 0.244 e. The van der Waals surface area contributed by atoms with Crippen LogP contribution in [-0.4, -0.2) is 26.2 Å². The van der Waals surface area contributed by atoms with Crippen molar-refractivity contribution in [1.29, 1.82) is 0 Å². The second-order valence-corrected chi connectivity index (χ2v) is 6.15. The van der Waals surface area contributed by atoms with Crippen molar-refractivity contribution in [2.75, 3.05) is 12.3 Å². The third kappa shape index (κ3) is 3.62. The Bertz CT molecular complexity index is 561. The van der Waals surface area contributed by atoms with Crippen LogP contribution in [-0.2, 0) is 10.0 Å². The summed E-state index contributed by atoms with van der Waals surface area (Å²) < 4.78 is 52.7. The number of hydrogen-bond acceptors (Lipinski definition) is 4. The number of rotatable bonds is 5. The Morgan fingerprint density at radius 2 is 1.95 bits per heavy atom. The van der Waals surface area contributed by atoms with Crippen LogP contribution >= 0.6 is 0 Å². The summed E-state index contributed by atoms with van der Waals surface area (Å²) in [5, 5.41) is 9.07. The van der Waals surface area contributed by atoms with Crippen molar-refractivity contribution < 1.29 is 22.3 Å². The predicted molar refractivity (Wildman–Crippen MR) is 66.8 cm³/mol. The Balaban J connectivity index is 3.21. The van der Waals surface area contributed by atoms with Gasteiger partial charge in [0.15, 0.2) is 11.6 Å². The molecule has 1 aromatic rings. The number of nitrogen functional groups attached to an aromatic ring is 1. The van der Waals surface area contributed by atoms with E-state index in [0.29, 0.717) is 6.07 Å². The second kappa shape index (κ2) is 5.81. The summed E-state index contributed by atoms with van der Waals surface area (Å²) >= 11 is 0. The number of halogens is 2. The zero-order chi connectivity index (χ0) is 14.8. The van der Waals surface area contributed by atoms with Gasteiger partial charge in [-0.15, -0.1) is 0 Å². The highest BCUT2D eigenvalue weighted by Crippen LogP contribution is 2.21. The van der Waals surface area contributed by atoms with Gasteiger partial charge in [-0.1, -0.05) is 13.8 Å². The zero-order valence-corrected chi connectivity index (χ0v) is 11.3. The molecule has 0 spiro atoms. The van der Waals surface area contributed by atoms with Crippen molar-refractivity contribution in [1.82, 2.24) is 4.72 Å². The van der Waals surface area contributed by atoms with Crippen LogP contribution in [0.4, 0.5) is 14.5 Å². The molecule has 8 heteroatoms. The van der Waals surface area contributed by atoms with E-state index in [-0.39, 0.29) is 11.6 Å². The van der Waals surface area contributed by atoms with Crippen LogP contribution in [0, 0.1) is 17.6 Å². The van der Waals surface area contributed by atoms with Gasteiger partial charge in [0.1, 0.15) is 4.90 Å². The van der Waals surface area contributed by atoms with Gasteiger partial charge in [-0.2, -0.15) is 0 Å². The van der Waals surface area contributed by atoms with Gasteiger partial charge in [0, 0.05) is 11.7 Å². The first-order valence-electron chi connectivity index (χ1n) is 5.56. The lowest BCUT2D eigenvalue weighted by Crippen LogP contribution is -2.41. The Labute approximate surface area is 110 Å². The van der Waals surface area contributed by atoms with Crippen molar-refractivity contribution in [2.24, 2.45) is 5.92 Å². The first kappa shape index (κ1) is 15.8. The molecule has 19 heavy (non-hydrogen) atoms. The maximum Gasteiger partial charge on any atom is 0.244 e. The summed E-state index contributed by atoms with van der Waals surface area (Å²) in [4.78, 5) is -0.871. The largest absolute Gasteiger partial charge is 0.399 e. The SMILES string of the molecule is CC(C)[C@@H](CO)NS(=O)(=O)c1cc(N)cc(F)c1F. The summed E-state index contributed by atoms with van der Waals surface area (Å²) in [6, 6.07) is 0.726. The average molecular weight is 294 g/mol. The van der Waals surface area contributed by atoms with Crippen molar-refractivity contribution in [3.8, 4) is 0 Å². The molecule has 0 unspecified atom stereocenters. The molecule has 0 saturated carbocycles. The number of benzene rings is 1. The van der Waals surface area contributed by atoms with Crippen LogP contribution in [0.2, 0.25) is 0 Å². The van der Waals surface area contributed by atoms with Gasteiger partial charge in [-0.25, -0.2) is 21.9 Å². The maximum absolute atomic E-state index is 13.5. The summed E-state index contributed by atoms with van der Waals surface area (Å²) in [7, 11) is -4.30. The van der Waals surface area contributed by atoms with Gasteiger partial charge in [0.2, 0.25) is 10.0 Å². The Hall–Kier alpha value is -1.25. The number of hydrogen-bond donors (Lipinski definition) is 3. The summed E-state index contributed by atoms with van der Waals surface area (Å²) in [6.45, 7) is 2.91. The van der Waals surface area contributed by atoms with E-state index in [2.05, 4.69) is 4.72 Å². The molecule has 0 aliphatic heterocycles. The Morgan fingerprint density at radius 1 is 1.37 bits per heavy atom. The fourth-order valence-corrected chi connectivity index (χ4v) is 2.92. The van der Waals surface area contributed by atoms with Crippen LogP contribution in [0.5, 0.6) is 0 Å². The quantitative estimate of drug-likeness (QED) is 0.702. The minimum absolute atomic E-state index is 0.204. The monoisotopic (exact) mass is 294 g/mol. The van der Waals surface area contributed by atoms with Crippen LogP contribution in [0.25, 0.3) is 0 Å². The van der Waals surface area contributed by atoms with E-state index in [1.54, 1.807) is 13.8 Å². The number of sulfonamides is 1. The highest BCUT2D eigenvalue weighted by Gasteiger charge is 2.26. The molecule has 1 rings (SSSR count). The van der Waals surface area contributed by atoms with Crippen molar-refractivity contribution in [2.45, 2.75) is 24.8 Å². The standard InChI is InChI=1S/C11H16F2N2O3S/c1-6(2)9(5-16)15-19(17,18)10-4-7(14)3-8(12)11(10)13/h3-4,6,9,15-16H,5,14H2,1-2H3/t9-/m1/s1. The highest BCUT2D eigenvalue weighted by molar-refractivity contribution is 7.89. The van der Waals surface area contributed by atoms with E-state index in [9.17, 15) is 17.2 Å². The highest BCUT2D eigenvalue weighted by atomic mass is 32.2. The lowest BCUT2D eigenvalue weighted by atomic mass is 10.1. The van der Waals surface area contributed by atoms with E-state index >= 15 is 0 Å². The van der Waals surface area contributed by atoms with Gasteiger partial charge in [-0.05, 0) is 18.1 Å². The number of aliphatic hydroxyl groups excluding tert-OH is 1. The summed E-state index contributed by atoms with van der Waals surface area (Å²) in [6.07, 6.45) is 0. The van der Waals surface area contributed by atoms with E-state index in [1.807, 2.05) is 0 Å². The van der Waals surface area contributed by atoms with E-state index in [4.69, 9.17) is 10.8 Å². The maximum atomic E-state index is 13.5. The predicted octanol–water partition coefficient (Wildman–Crippen LogP) is 0.842. The molecule has 0 fully saturated rings. The summed E-state index contributed by atoms with van der Waals surface area (Å²) in [5.41, 5.74) is 5.10. The molecule has 1 atom stereocenters. The fraction of sp³-hybridized carbons (Fsp3) is 0.455. The van der Waals surface area contributed by atoms with E-state index in [0.717, 1.165) is 6.07 Å². The molecular weight excluding hydrogens is 278 g/mol. The first-order valence-corrected chi connectivity index (χ1v) is 7.05. The molecular formula is C11H16F2N2O3S. The normalized spacial score (nSPS) is 13.8. The van der Waals surface area contributed by atoms with Crippen LogP contribution in [0.3, 0.4) is 0 Å². The van der Waals surface area contributed by atoms with Gasteiger partial charge >= 0.3 is 0 Å². The topological polar surface area (TPSA) is 92.4 Å². The first-order chi connectivity index (χ1) is 8.69. The number of nitrogens with two attached hydrogens (primary N) is 1. The minimum Gasteiger partial charge on any atom is -0.399 e. The molecule has 0 aliphatic carbocycles. The van der Waals surface area contributed by atoms with Crippen molar-refractivity contribution in [3.05, 3.63) is 23.8 Å². The number of nitrogens with one attached hydrogen (secondary N) is 1. The van der Waals surface area contributed by atoms with Gasteiger partial charge < -0.3 is 10.8 Å². The number of aliphatic hydroxyl groups is 1. The molecule has 0 saturated heterocycles. The molecule has 1 aromatic carbocycles. The Morgan fingerprint density at radius 3 is 2.42 bits per heavy atom. The molecule has 108 valence electrons. The van der Waals surface area contributed by atoms with Crippen LogP contribution < -0.4 is 10.5 Å². The van der Waals surface area contributed by atoms with Crippen molar-refractivity contribution in [3.63, 3.8) is 0 Å². The Kier molecular flexibility index (Phi) is 4.83. The lowest BCUT2D eigenvalue weighted by molar-refractivity contribution is 0.227. The van der Waals surface area contributed by atoms with E-state index < -0.39 is 39.2 Å². The van der Waals surface area contributed by atoms with Crippen LogP contribution in [0.1, 0.15) is 13.8 Å².